The summed E-state index contributed by atoms with van der Waals surface area (Å²) in [7, 11) is 3.25. The van der Waals surface area contributed by atoms with Gasteiger partial charge in [0.05, 0.1) is 47.8 Å². The summed E-state index contributed by atoms with van der Waals surface area (Å²) in [6.45, 7) is 0.667. The lowest BCUT2D eigenvalue weighted by Gasteiger charge is -2.12. The summed E-state index contributed by atoms with van der Waals surface area (Å²) >= 11 is 8.25. The van der Waals surface area contributed by atoms with E-state index in [1.165, 1.54) is 23.5 Å². The number of pyridine rings is 2. The summed E-state index contributed by atoms with van der Waals surface area (Å²) < 4.78 is 84.7. The minimum Gasteiger partial charge on any atom is -0.497 e. The second kappa shape index (κ2) is 20.2. The largest absolute Gasteiger partial charge is 0.497 e. The Morgan fingerprint density at radius 3 is 1.48 bits per heavy atom. The number of alkyl halides is 6. The first kappa shape index (κ1) is 46.2. The van der Waals surface area contributed by atoms with Gasteiger partial charge in [-0.15, -0.1) is 0 Å². The number of rotatable bonds is 9. The molecule has 0 aliphatic carbocycles. The molecule has 324 valence electrons. The Bertz CT molecular complexity index is 2820. The zero-order valence-corrected chi connectivity index (χ0v) is 35.6. The number of ether oxygens (including phenoxy) is 2. The molecule has 0 fully saturated rings. The van der Waals surface area contributed by atoms with E-state index in [4.69, 9.17) is 36.8 Å². The summed E-state index contributed by atoms with van der Waals surface area (Å²) in [4.78, 5) is 32.5. The van der Waals surface area contributed by atoms with Gasteiger partial charge in [-0.3, -0.25) is 9.59 Å². The van der Waals surface area contributed by atoms with Crippen molar-refractivity contribution in [3.63, 3.8) is 0 Å². The molecule has 17 heteroatoms. The third kappa shape index (κ3) is 11.8. The summed E-state index contributed by atoms with van der Waals surface area (Å²) in [5.41, 5.74) is 11.8. The highest BCUT2D eigenvalue weighted by Gasteiger charge is 2.31. The van der Waals surface area contributed by atoms with Crippen molar-refractivity contribution in [3.05, 3.63) is 164 Å². The van der Waals surface area contributed by atoms with E-state index in [2.05, 4.69) is 22.8 Å². The predicted molar refractivity (Wildman–Crippen MR) is 235 cm³/mol. The number of carbonyl (C=O) groups is 2. The number of nitrogens with one attached hydrogen (secondary N) is 1. The van der Waals surface area contributed by atoms with E-state index in [1.807, 2.05) is 64.7 Å². The molecule has 8 nitrogen and oxygen atoms in total. The fourth-order valence-corrected chi connectivity index (χ4v) is 7.51. The van der Waals surface area contributed by atoms with Crippen LogP contribution in [0.4, 0.5) is 26.3 Å². The minimum absolute atomic E-state index is 0.0506. The van der Waals surface area contributed by atoms with Gasteiger partial charge in [-0.1, -0.05) is 0 Å². The van der Waals surface area contributed by atoms with Crippen molar-refractivity contribution in [1.82, 2.24) is 15.3 Å². The number of thiophene rings is 2. The van der Waals surface area contributed by atoms with E-state index in [0.717, 1.165) is 97.6 Å². The number of aromatic nitrogens is 2. The van der Waals surface area contributed by atoms with Crippen LogP contribution in [0.2, 0.25) is 0 Å². The summed E-state index contributed by atoms with van der Waals surface area (Å²) in [6, 6.07) is 27.4. The molecule has 0 unspecified atom stereocenters. The van der Waals surface area contributed by atoms with Gasteiger partial charge < -0.3 is 20.5 Å². The van der Waals surface area contributed by atoms with Crippen LogP contribution in [0.15, 0.2) is 131 Å². The maximum absolute atomic E-state index is 12.7. The van der Waals surface area contributed by atoms with Crippen LogP contribution in [0, 0.1) is 0 Å². The molecular weight excluding hydrogens is 886 g/mol. The molecule has 0 saturated heterocycles. The molecule has 8 aromatic rings. The van der Waals surface area contributed by atoms with E-state index in [0.29, 0.717) is 12.3 Å². The van der Waals surface area contributed by atoms with Crippen molar-refractivity contribution >= 4 is 67.2 Å². The monoisotopic (exact) mass is 920 g/mol. The van der Waals surface area contributed by atoms with Gasteiger partial charge in [0.1, 0.15) is 11.5 Å². The van der Waals surface area contributed by atoms with E-state index in [9.17, 15) is 35.9 Å². The maximum Gasteiger partial charge on any atom is 0.416 e. The number of hydrogen-bond acceptors (Lipinski definition) is 9. The molecule has 8 rings (SSSR count). The quantitative estimate of drug-likeness (QED) is 0.109. The highest BCUT2D eigenvalue weighted by Crippen LogP contribution is 2.32. The Balaban J connectivity index is 0.000000175. The molecule has 4 aromatic carbocycles. The lowest BCUT2D eigenvalue weighted by molar-refractivity contribution is -0.138. The molecule has 4 aromatic heterocycles. The molecule has 1 amide bonds. The van der Waals surface area contributed by atoms with E-state index in [1.54, 1.807) is 25.6 Å². The minimum atomic E-state index is -4.44. The first-order valence-corrected chi connectivity index (χ1v) is 20.9. The average Bonchev–Trinajstić information content (AvgIpc) is 4.03. The molecule has 4 heterocycles. The van der Waals surface area contributed by atoms with Crippen LogP contribution in [0.5, 0.6) is 11.5 Å². The summed E-state index contributed by atoms with van der Waals surface area (Å²) in [5, 5.41) is 12.0. The van der Waals surface area contributed by atoms with Gasteiger partial charge in [0.25, 0.3) is 11.1 Å². The normalized spacial score (nSPS) is 11.3. The van der Waals surface area contributed by atoms with Crippen LogP contribution < -0.4 is 20.5 Å². The predicted octanol–water partition coefficient (Wildman–Crippen LogP) is 12.4. The van der Waals surface area contributed by atoms with Crippen molar-refractivity contribution in [2.24, 2.45) is 5.73 Å². The van der Waals surface area contributed by atoms with Crippen LogP contribution in [-0.2, 0) is 25.4 Å². The Morgan fingerprint density at radius 1 is 0.635 bits per heavy atom. The lowest BCUT2D eigenvalue weighted by Crippen LogP contribution is -2.23. The number of hydrogen-bond donors (Lipinski definition) is 2. The molecule has 0 atom stereocenters. The van der Waals surface area contributed by atoms with Gasteiger partial charge in [-0.25, -0.2) is 9.97 Å². The zero-order chi connectivity index (χ0) is 45.3. The highest BCUT2D eigenvalue weighted by atomic mass is 35.5. The zero-order valence-electron chi connectivity index (χ0n) is 33.2. The van der Waals surface area contributed by atoms with Crippen LogP contribution >= 0.6 is 34.3 Å². The van der Waals surface area contributed by atoms with Crippen molar-refractivity contribution in [1.29, 1.82) is 0 Å². The Kier molecular flexibility index (Phi) is 14.8. The number of halogens is 7. The number of fused-ring (bicyclic) bond motifs is 2. The van der Waals surface area contributed by atoms with Crippen LogP contribution in [0.25, 0.3) is 44.3 Å². The van der Waals surface area contributed by atoms with Crippen molar-refractivity contribution in [3.8, 4) is 34.0 Å². The van der Waals surface area contributed by atoms with Crippen LogP contribution in [0.1, 0.15) is 43.0 Å². The Labute approximate surface area is 369 Å². The molecule has 63 heavy (non-hydrogen) atoms. The molecule has 0 aliphatic rings. The van der Waals surface area contributed by atoms with Gasteiger partial charge in [0.15, 0.2) is 0 Å². The summed E-state index contributed by atoms with van der Waals surface area (Å²) in [6.07, 6.45) is -8.82. The number of carbonyl (C=O) groups excluding carboxylic acids is 2. The second-order valence-corrected chi connectivity index (χ2v) is 15.3. The number of nitrogens with two attached hydrogens (primary N) is 1. The van der Waals surface area contributed by atoms with Gasteiger partial charge >= 0.3 is 12.4 Å². The number of nitrogens with zero attached hydrogens (tertiary/aromatic N) is 2. The molecule has 0 aliphatic heterocycles. The highest BCUT2D eigenvalue weighted by molar-refractivity contribution is 7.08. The van der Waals surface area contributed by atoms with E-state index < -0.39 is 34.6 Å². The van der Waals surface area contributed by atoms with Crippen LogP contribution in [0.3, 0.4) is 0 Å². The van der Waals surface area contributed by atoms with Crippen LogP contribution in [-0.4, -0.2) is 35.3 Å². The standard InChI is InChI=1S/C23H17F3N2O2S.C15H14N2OS.C8H4ClF3O/c1-30-19-7-4-15-10-17(21(28-20(15)11-19)16-8-9-31-13-16)12-27-22(29)14-2-5-18(6-3-14)23(24,25)26;1-18-13-3-2-10-6-12(8-16)15(17-14(10)7-13)11-4-5-19-9-11;9-7(13)5-1-3-6(4-2-5)8(10,11)12/h2-11,13H,12H2,1H3,(H,27,29);2-7,9H,8,16H2,1H3;1-4H. The van der Waals surface area contributed by atoms with Gasteiger partial charge in [0.2, 0.25) is 0 Å². The molecule has 0 bridgehead atoms. The van der Waals surface area contributed by atoms with Gasteiger partial charge in [-0.2, -0.15) is 49.0 Å². The fourth-order valence-electron chi connectivity index (χ4n) is 6.10. The van der Waals surface area contributed by atoms with Gasteiger partial charge in [0, 0.05) is 69.0 Å². The summed E-state index contributed by atoms with van der Waals surface area (Å²) in [5.74, 6) is 1.05. The fraction of sp³-hybridized carbons (Fsp3) is 0.130. The Morgan fingerprint density at radius 2 is 1.08 bits per heavy atom. The number of methoxy groups -OCH3 is 2. The topological polar surface area (TPSA) is 116 Å². The maximum atomic E-state index is 12.7. The smallest absolute Gasteiger partial charge is 0.416 e. The lowest BCUT2D eigenvalue weighted by atomic mass is 10.0. The third-order valence-electron chi connectivity index (χ3n) is 9.37. The molecular formula is C46H35ClF6N4O4S2. The van der Waals surface area contributed by atoms with Gasteiger partial charge in [-0.05, 0) is 131 Å². The average molecular weight is 921 g/mol. The molecule has 0 spiro atoms. The van der Waals surface area contributed by atoms with E-state index >= 15 is 0 Å². The number of amides is 1. The SMILES string of the molecule is COc1ccc2cc(CN)c(-c3ccsc3)nc2c1.COc1ccc2cc(CNC(=O)c3ccc(C(F)(F)F)cc3)c(-c3ccsc3)nc2c1.O=C(Cl)c1ccc(C(F)(F)F)cc1. The molecule has 0 saturated carbocycles. The van der Waals surface area contributed by atoms with Crippen molar-refractivity contribution < 1.29 is 45.4 Å². The molecule has 3 N–H and O–H groups in total. The van der Waals surface area contributed by atoms with Crippen molar-refractivity contribution in [2.45, 2.75) is 25.4 Å². The van der Waals surface area contributed by atoms with E-state index in [-0.39, 0.29) is 17.7 Å². The first-order chi connectivity index (χ1) is 30.1. The second-order valence-electron chi connectivity index (χ2n) is 13.4. The Hall–Kier alpha value is -6.33. The first-order valence-electron chi connectivity index (χ1n) is 18.6. The third-order valence-corrected chi connectivity index (χ3v) is 11.0. The van der Waals surface area contributed by atoms with Crippen molar-refractivity contribution in [2.75, 3.05) is 14.2 Å². The molecule has 0 radical (unpaired) electrons. The number of benzene rings is 4.